The molecule has 4 rings (SSSR count). The van der Waals surface area contributed by atoms with E-state index in [4.69, 9.17) is 23.2 Å². The van der Waals surface area contributed by atoms with Crippen LogP contribution < -0.4 is 4.90 Å². The van der Waals surface area contributed by atoms with Crippen molar-refractivity contribution in [1.82, 2.24) is 4.98 Å². The molecule has 0 radical (unpaired) electrons. The van der Waals surface area contributed by atoms with Gasteiger partial charge in [-0.2, -0.15) is 0 Å². The molecule has 0 aliphatic carbocycles. The van der Waals surface area contributed by atoms with Gasteiger partial charge in [0.15, 0.2) is 0 Å². The summed E-state index contributed by atoms with van der Waals surface area (Å²) in [6.45, 7) is 0. The van der Waals surface area contributed by atoms with Crippen LogP contribution in [-0.2, 0) is 9.59 Å². The predicted molar refractivity (Wildman–Crippen MR) is 112 cm³/mol. The maximum Gasteiger partial charge on any atom is 0.300 e. The molecular formula is C22H14Cl2N2O3. The Balaban J connectivity index is 1.99. The van der Waals surface area contributed by atoms with Crippen molar-refractivity contribution in [2.75, 3.05) is 4.90 Å². The Kier molecular flexibility index (Phi) is 5.09. The molecule has 2 aromatic carbocycles. The van der Waals surface area contributed by atoms with E-state index in [0.29, 0.717) is 21.8 Å². The number of carbonyl (C=O) groups excluding carboxylic acids is 2. The Labute approximate surface area is 176 Å². The second-order valence-electron chi connectivity index (χ2n) is 6.41. The summed E-state index contributed by atoms with van der Waals surface area (Å²) in [5, 5.41) is 11.6. The van der Waals surface area contributed by atoms with Crippen LogP contribution in [0.3, 0.4) is 0 Å². The van der Waals surface area contributed by atoms with Crippen molar-refractivity contribution in [3.05, 3.63) is 99.8 Å². The normalized spacial score (nSPS) is 18.3. The lowest BCUT2D eigenvalue weighted by molar-refractivity contribution is -0.132. The molecule has 1 aromatic heterocycles. The van der Waals surface area contributed by atoms with Gasteiger partial charge in [-0.3, -0.25) is 19.5 Å². The first kappa shape index (κ1) is 19.2. The lowest BCUT2D eigenvalue weighted by Gasteiger charge is -2.25. The van der Waals surface area contributed by atoms with Crippen LogP contribution in [0.15, 0.2) is 78.6 Å². The number of hydrogen-bond acceptors (Lipinski definition) is 4. The second kappa shape index (κ2) is 7.70. The number of hydrogen-bond donors (Lipinski definition) is 1. The van der Waals surface area contributed by atoms with E-state index in [2.05, 4.69) is 4.98 Å². The Morgan fingerprint density at radius 3 is 2.41 bits per heavy atom. The highest BCUT2D eigenvalue weighted by Gasteiger charge is 2.47. The van der Waals surface area contributed by atoms with Gasteiger partial charge in [0.1, 0.15) is 5.76 Å². The summed E-state index contributed by atoms with van der Waals surface area (Å²) in [6, 6.07) is 15.8. The molecule has 7 heteroatoms. The number of amides is 1. The average Bonchev–Trinajstić information content (AvgIpc) is 2.99. The van der Waals surface area contributed by atoms with Crippen molar-refractivity contribution in [2.45, 2.75) is 6.04 Å². The van der Waals surface area contributed by atoms with Crippen LogP contribution in [0.4, 0.5) is 5.69 Å². The van der Waals surface area contributed by atoms with Crippen molar-refractivity contribution in [3.8, 4) is 0 Å². The molecule has 1 amide bonds. The first-order valence-corrected chi connectivity index (χ1v) is 9.46. The van der Waals surface area contributed by atoms with Crippen LogP contribution in [-0.4, -0.2) is 21.8 Å². The van der Waals surface area contributed by atoms with E-state index in [0.717, 1.165) is 0 Å². The Hall–Kier alpha value is -3.15. The fourth-order valence-corrected chi connectivity index (χ4v) is 3.88. The molecule has 144 valence electrons. The van der Waals surface area contributed by atoms with E-state index in [9.17, 15) is 14.7 Å². The van der Waals surface area contributed by atoms with E-state index >= 15 is 0 Å². The average molecular weight is 425 g/mol. The second-order valence-corrected chi connectivity index (χ2v) is 7.26. The standard InChI is InChI=1S/C22H14Cl2N2O3/c23-14-8-9-16(17(24)11-14)19-18(20(27)13-5-2-1-3-6-13)21(28)22(29)26(19)15-7-4-10-25-12-15/h1-12,19,27H/b20-18+. The molecule has 5 nitrogen and oxygen atoms in total. The quantitative estimate of drug-likeness (QED) is 0.364. The number of aromatic nitrogens is 1. The number of aliphatic hydroxyl groups excluding tert-OH is 1. The highest BCUT2D eigenvalue weighted by atomic mass is 35.5. The highest BCUT2D eigenvalue weighted by Crippen LogP contribution is 2.44. The molecule has 1 atom stereocenters. The summed E-state index contributed by atoms with van der Waals surface area (Å²) in [6.07, 6.45) is 3.04. The van der Waals surface area contributed by atoms with Gasteiger partial charge in [0.25, 0.3) is 11.7 Å². The number of ketones is 1. The third kappa shape index (κ3) is 3.39. The fourth-order valence-electron chi connectivity index (χ4n) is 3.36. The van der Waals surface area contributed by atoms with Gasteiger partial charge in [0.05, 0.1) is 23.5 Å². The van der Waals surface area contributed by atoms with E-state index < -0.39 is 17.7 Å². The Morgan fingerprint density at radius 1 is 1.00 bits per heavy atom. The molecule has 0 bridgehead atoms. The molecule has 1 aliphatic heterocycles. The highest BCUT2D eigenvalue weighted by molar-refractivity contribution is 6.52. The number of pyridine rings is 1. The van der Waals surface area contributed by atoms with Crippen LogP contribution in [0.5, 0.6) is 0 Å². The van der Waals surface area contributed by atoms with Crippen LogP contribution in [0.2, 0.25) is 10.0 Å². The summed E-state index contributed by atoms with van der Waals surface area (Å²) in [5.41, 5.74) is 1.26. The molecule has 1 aliphatic rings. The van der Waals surface area contributed by atoms with Crippen LogP contribution >= 0.6 is 23.2 Å². The molecule has 1 N–H and O–H groups in total. The van der Waals surface area contributed by atoms with Crippen LogP contribution in [0.1, 0.15) is 17.2 Å². The van der Waals surface area contributed by atoms with Gasteiger partial charge in [-0.1, -0.05) is 59.6 Å². The van der Waals surface area contributed by atoms with Crippen LogP contribution in [0.25, 0.3) is 5.76 Å². The van der Waals surface area contributed by atoms with Crippen molar-refractivity contribution < 1.29 is 14.7 Å². The number of nitrogens with zero attached hydrogens (tertiary/aromatic N) is 2. The van der Waals surface area contributed by atoms with Crippen LogP contribution in [0, 0.1) is 0 Å². The van der Waals surface area contributed by atoms with E-state index in [1.54, 1.807) is 60.8 Å². The molecule has 0 saturated carbocycles. The molecule has 1 fully saturated rings. The van der Waals surface area contributed by atoms with Gasteiger partial charge in [0.2, 0.25) is 0 Å². The van der Waals surface area contributed by atoms with E-state index in [1.807, 2.05) is 0 Å². The van der Waals surface area contributed by atoms with Crippen molar-refractivity contribution in [2.24, 2.45) is 0 Å². The predicted octanol–water partition coefficient (Wildman–Crippen LogP) is 5.01. The topological polar surface area (TPSA) is 70.5 Å². The number of rotatable bonds is 3. The number of benzene rings is 2. The van der Waals surface area contributed by atoms with Gasteiger partial charge < -0.3 is 5.11 Å². The maximum absolute atomic E-state index is 13.0. The first-order chi connectivity index (χ1) is 14.0. The number of carbonyl (C=O) groups is 2. The molecule has 0 spiro atoms. The molecule has 1 saturated heterocycles. The SMILES string of the molecule is O=C1C(=O)N(c2cccnc2)C(c2ccc(Cl)cc2Cl)/C1=C(\O)c1ccccc1. The van der Waals surface area contributed by atoms with E-state index in [-0.39, 0.29) is 16.4 Å². The zero-order chi connectivity index (χ0) is 20.5. The smallest absolute Gasteiger partial charge is 0.300 e. The third-order valence-electron chi connectivity index (χ3n) is 4.67. The number of anilines is 1. The zero-order valence-corrected chi connectivity index (χ0v) is 16.4. The summed E-state index contributed by atoms with van der Waals surface area (Å²) in [5.74, 6) is -1.84. The van der Waals surface area contributed by atoms with Crippen molar-refractivity contribution in [3.63, 3.8) is 0 Å². The van der Waals surface area contributed by atoms with Gasteiger partial charge in [-0.15, -0.1) is 0 Å². The molecule has 1 unspecified atom stereocenters. The largest absolute Gasteiger partial charge is 0.507 e. The fraction of sp³-hybridized carbons (Fsp3) is 0.0455. The maximum atomic E-state index is 13.0. The molecular weight excluding hydrogens is 411 g/mol. The minimum absolute atomic E-state index is 0.0470. The van der Waals surface area contributed by atoms with Crippen molar-refractivity contribution >= 4 is 46.3 Å². The summed E-state index contributed by atoms with van der Waals surface area (Å²) < 4.78 is 0. The summed E-state index contributed by atoms with van der Waals surface area (Å²) >= 11 is 12.4. The van der Waals surface area contributed by atoms with Gasteiger partial charge in [-0.25, -0.2) is 0 Å². The molecule has 3 aromatic rings. The monoisotopic (exact) mass is 424 g/mol. The minimum Gasteiger partial charge on any atom is -0.507 e. The molecule has 29 heavy (non-hydrogen) atoms. The lowest BCUT2D eigenvalue weighted by atomic mass is 9.95. The Bertz CT molecular complexity index is 1130. The summed E-state index contributed by atoms with van der Waals surface area (Å²) in [4.78, 5) is 31.2. The van der Waals surface area contributed by atoms with E-state index in [1.165, 1.54) is 17.2 Å². The van der Waals surface area contributed by atoms with Gasteiger partial charge >= 0.3 is 0 Å². The number of halogens is 2. The minimum atomic E-state index is -0.927. The number of aliphatic hydroxyl groups is 1. The van der Waals surface area contributed by atoms with Gasteiger partial charge in [-0.05, 0) is 29.8 Å². The van der Waals surface area contributed by atoms with Gasteiger partial charge in [0, 0.05) is 21.8 Å². The number of Topliss-reactive ketones (excluding diaryl/α,β-unsaturated/α-hetero) is 1. The Morgan fingerprint density at radius 2 is 1.76 bits per heavy atom. The van der Waals surface area contributed by atoms with Crippen molar-refractivity contribution in [1.29, 1.82) is 0 Å². The molecule has 2 heterocycles. The first-order valence-electron chi connectivity index (χ1n) is 8.70. The summed E-state index contributed by atoms with van der Waals surface area (Å²) in [7, 11) is 0. The zero-order valence-electron chi connectivity index (χ0n) is 14.9. The lowest BCUT2D eigenvalue weighted by Crippen LogP contribution is -2.29. The third-order valence-corrected chi connectivity index (χ3v) is 5.24.